The molecule has 1 aliphatic rings. The highest BCUT2D eigenvalue weighted by atomic mass is 16.2. The topological polar surface area (TPSA) is 47.6 Å². The fourth-order valence-corrected chi connectivity index (χ4v) is 2.28. The molecule has 1 heterocycles. The molecule has 0 aromatic carbocycles. The van der Waals surface area contributed by atoms with Gasteiger partial charge in [0.2, 0.25) is 5.91 Å². The normalized spacial score (nSPS) is 23.1. The second kappa shape index (κ2) is 6.50. The molecule has 0 saturated carbocycles. The van der Waals surface area contributed by atoms with Crippen molar-refractivity contribution in [3.63, 3.8) is 0 Å². The van der Waals surface area contributed by atoms with Crippen molar-refractivity contribution in [1.29, 1.82) is 0 Å². The number of nitrogens with zero attached hydrogens (tertiary/aromatic N) is 2. The van der Waals surface area contributed by atoms with Gasteiger partial charge < -0.3 is 15.5 Å². The zero-order valence-electron chi connectivity index (χ0n) is 12.4. The summed E-state index contributed by atoms with van der Waals surface area (Å²) in [6.45, 7) is 10.5. The van der Waals surface area contributed by atoms with Gasteiger partial charge in [0.1, 0.15) is 0 Å². The van der Waals surface area contributed by atoms with Crippen LogP contribution in [0.2, 0.25) is 0 Å². The molecule has 1 aliphatic heterocycles. The van der Waals surface area contributed by atoms with Crippen LogP contribution >= 0.6 is 0 Å². The monoisotopic (exact) mass is 256 g/mol. The average Bonchev–Trinajstić information content (AvgIpc) is 2.29. The van der Waals surface area contributed by atoms with Gasteiger partial charge in [-0.3, -0.25) is 9.69 Å². The minimum absolute atomic E-state index is 0.0750. The van der Waals surface area contributed by atoms with Crippen LogP contribution in [0.5, 0.6) is 0 Å². The second-order valence-electron chi connectivity index (χ2n) is 5.76. The number of hydrogen-bond acceptors (Lipinski definition) is 4. The first kappa shape index (κ1) is 15.4. The SMILES string of the molecule is CCNC(C)(C)C(=O)NCC1CN(C)CCN1C. The lowest BCUT2D eigenvalue weighted by Crippen LogP contribution is -2.58. The quantitative estimate of drug-likeness (QED) is 0.711. The van der Waals surface area contributed by atoms with Gasteiger partial charge in [-0.1, -0.05) is 6.92 Å². The number of piperazine rings is 1. The van der Waals surface area contributed by atoms with E-state index in [2.05, 4.69) is 34.5 Å². The molecular weight excluding hydrogens is 228 g/mol. The number of likely N-dealkylation sites (N-methyl/N-ethyl adjacent to an activating group) is 3. The van der Waals surface area contributed by atoms with Crippen molar-refractivity contribution in [3.05, 3.63) is 0 Å². The summed E-state index contributed by atoms with van der Waals surface area (Å²) in [6.07, 6.45) is 0. The van der Waals surface area contributed by atoms with Gasteiger partial charge in [-0.2, -0.15) is 0 Å². The first-order chi connectivity index (χ1) is 8.36. The highest BCUT2D eigenvalue weighted by molar-refractivity contribution is 5.85. The summed E-state index contributed by atoms with van der Waals surface area (Å²) in [5.74, 6) is 0.0750. The molecule has 1 unspecified atom stereocenters. The molecule has 18 heavy (non-hydrogen) atoms. The van der Waals surface area contributed by atoms with Crippen LogP contribution in [0.4, 0.5) is 0 Å². The van der Waals surface area contributed by atoms with Gasteiger partial charge in [0.25, 0.3) is 0 Å². The van der Waals surface area contributed by atoms with E-state index >= 15 is 0 Å². The van der Waals surface area contributed by atoms with Crippen LogP contribution in [-0.2, 0) is 4.79 Å². The lowest BCUT2D eigenvalue weighted by Gasteiger charge is -2.38. The van der Waals surface area contributed by atoms with Crippen molar-refractivity contribution < 1.29 is 4.79 Å². The smallest absolute Gasteiger partial charge is 0.239 e. The minimum atomic E-state index is -0.492. The third kappa shape index (κ3) is 4.23. The van der Waals surface area contributed by atoms with Crippen LogP contribution in [0.25, 0.3) is 0 Å². The maximum atomic E-state index is 12.1. The summed E-state index contributed by atoms with van der Waals surface area (Å²) in [5.41, 5.74) is -0.492. The predicted octanol–water partition coefficient (Wildman–Crippen LogP) is -0.263. The fraction of sp³-hybridized carbons (Fsp3) is 0.923. The van der Waals surface area contributed by atoms with E-state index in [1.807, 2.05) is 20.8 Å². The predicted molar refractivity (Wildman–Crippen MR) is 74.7 cm³/mol. The Kier molecular flexibility index (Phi) is 5.56. The van der Waals surface area contributed by atoms with Crippen molar-refractivity contribution in [2.75, 3.05) is 46.8 Å². The summed E-state index contributed by atoms with van der Waals surface area (Å²) < 4.78 is 0. The van der Waals surface area contributed by atoms with E-state index in [4.69, 9.17) is 0 Å². The van der Waals surface area contributed by atoms with E-state index in [1.165, 1.54) is 0 Å². The summed E-state index contributed by atoms with van der Waals surface area (Å²) >= 11 is 0. The first-order valence-electron chi connectivity index (χ1n) is 6.79. The molecule has 1 rings (SSSR count). The van der Waals surface area contributed by atoms with Gasteiger partial charge in [-0.05, 0) is 34.5 Å². The van der Waals surface area contributed by atoms with E-state index in [0.29, 0.717) is 12.6 Å². The molecule has 0 bridgehead atoms. The largest absolute Gasteiger partial charge is 0.353 e. The molecule has 1 saturated heterocycles. The average molecular weight is 256 g/mol. The first-order valence-corrected chi connectivity index (χ1v) is 6.79. The Labute approximate surface area is 111 Å². The third-order valence-corrected chi connectivity index (χ3v) is 3.66. The number of carbonyl (C=O) groups is 1. The molecular formula is C13H28N4O. The highest BCUT2D eigenvalue weighted by Crippen LogP contribution is 2.06. The molecule has 2 N–H and O–H groups in total. The minimum Gasteiger partial charge on any atom is -0.353 e. The Morgan fingerprint density at radius 3 is 2.61 bits per heavy atom. The number of carbonyl (C=O) groups excluding carboxylic acids is 1. The van der Waals surface area contributed by atoms with E-state index in [9.17, 15) is 4.79 Å². The van der Waals surface area contributed by atoms with Crippen molar-refractivity contribution in [1.82, 2.24) is 20.4 Å². The second-order valence-corrected chi connectivity index (χ2v) is 5.76. The number of hydrogen-bond donors (Lipinski definition) is 2. The van der Waals surface area contributed by atoms with Crippen molar-refractivity contribution >= 4 is 5.91 Å². The zero-order valence-corrected chi connectivity index (χ0v) is 12.4. The van der Waals surface area contributed by atoms with Gasteiger partial charge in [-0.15, -0.1) is 0 Å². The molecule has 0 aromatic rings. The lowest BCUT2D eigenvalue weighted by atomic mass is 10.0. The number of rotatable bonds is 5. The Bertz CT molecular complexity index is 280. The Morgan fingerprint density at radius 2 is 2.00 bits per heavy atom. The Balaban J connectivity index is 2.42. The van der Waals surface area contributed by atoms with Gasteiger partial charge in [0, 0.05) is 32.2 Å². The van der Waals surface area contributed by atoms with Crippen LogP contribution in [0.3, 0.4) is 0 Å². The zero-order chi connectivity index (χ0) is 13.8. The molecule has 0 aromatic heterocycles. The van der Waals surface area contributed by atoms with Crippen molar-refractivity contribution in [2.24, 2.45) is 0 Å². The molecule has 0 radical (unpaired) electrons. The third-order valence-electron chi connectivity index (χ3n) is 3.66. The van der Waals surface area contributed by atoms with E-state index < -0.39 is 5.54 Å². The van der Waals surface area contributed by atoms with E-state index in [-0.39, 0.29) is 5.91 Å². The van der Waals surface area contributed by atoms with Crippen molar-refractivity contribution in [3.8, 4) is 0 Å². The van der Waals surface area contributed by atoms with Crippen molar-refractivity contribution in [2.45, 2.75) is 32.4 Å². The summed E-state index contributed by atoms with van der Waals surface area (Å²) in [5, 5.41) is 6.25. The number of nitrogens with one attached hydrogen (secondary N) is 2. The van der Waals surface area contributed by atoms with Crippen LogP contribution in [0, 0.1) is 0 Å². The van der Waals surface area contributed by atoms with Gasteiger partial charge >= 0.3 is 0 Å². The summed E-state index contributed by atoms with van der Waals surface area (Å²) in [6, 6.07) is 0.408. The summed E-state index contributed by atoms with van der Waals surface area (Å²) in [7, 11) is 4.25. The molecule has 5 nitrogen and oxygen atoms in total. The van der Waals surface area contributed by atoms with Gasteiger partial charge in [-0.25, -0.2) is 0 Å². The Morgan fingerprint density at radius 1 is 1.33 bits per heavy atom. The van der Waals surface area contributed by atoms with E-state index in [0.717, 1.165) is 26.2 Å². The molecule has 0 aliphatic carbocycles. The number of amides is 1. The van der Waals surface area contributed by atoms with Gasteiger partial charge in [0.05, 0.1) is 5.54 Å². The van der Waals surface area contributed by atoms with Crippen LogP contribution < -0.4 is 10.6 Å². The maximum absolute atomic E-state index is 12.1. The molecule has 0 spiro atoms. The Hall–Kier alpha value is -0.650. The van der Waals surface area contributed by atoms with Crippen LogP contribution in [0.15, 0.2) is 0 Å². The molecule has 1 atom stereocenters. The molecule has 1 fully saturated rings. The standard InChI is InChI=1S/C13H28N4O/c1-6-15-13(2,3)12(18)14-9-11-10-16(4)7-8-17(11)5/h11,15H,6-10H2,1-5H3,(H,14,18). The van der Waals surface area contributed by atoms with Gasteiger partial charge in [0.15, 0.2) is 0 Å². The fourth-order valence-electron chi connectivity index (χ4n) is 2.28. The van der Waals surface area contributed by atoms with E-state index in [1.54, 1.807) is 0 Å². The molecule has 1 amide bonds. The molecule has 5 heteroatoms. The van der Waals surface area contributed by atoms with Crippen LogP contribution in [-0.4, -0.2) is 74.1 Å². The lowest BCUT2D eigenvalue weighted by molar-refractivity contribution is -0.126. The molecule has 106 valence electrons. The maximum Gasteiger partial charge on any atom is 0.239 e. The highest BCUT2D eigenvalue weighted by Gasteiger charge is 2.28. The van der Waals surface area contributed by atoms with Crippen LogP contribution in [0.1, 0.15) is 20.8 Å². The summed E-state index contributed by atoms with van der Waals surface area (Å²) in [4.78, 5) is 16.7.